The molecule has 1 fully saturated rings. The Hall–Kier alpha value is -2.51. The number of hydrogen-bond donors (Lipinski definition) is 2. The second kappa shape index (κ2) is 9.32. The number of methoxy groups -OCH3 is 1. The zero-order valence-corrected chi connectivity index (χ0v) is 18.6. The molecule has 1 saturated heterocycles. The summed E-state index contributed by atoms with van der Waals surface area (Å²) in [5.74, 6) is -0.465. The number of ether oxygens (including phenoxy) is 2. The smallest absolute Gasteiger partial charge is 0.259 e. The van der Waals surface area contributed by atoms with Crippen LogP contribution in [-0.2, 0) is 24.8 Å². The molecule has 0 spiro atoms. The van der Waals surface area contributed by atoms with Gasteiger partial charge in [-0.3, -0.25) is 4.79 Å². The highest BCUT2D eigenvalue weighted by atomic mass is 32.2. The highest BCUT2D eigenvalue weighted by Gasteiger charge is 2.28. The zero-order valence-electron chi connectivity index (χ0n) is 17.0. The Morgan fingerprint density at radius 1 is 1.03 bits per heavy atom. The fourth-order valence-electron chi connectivity index (χ4n) is 3.02. The maximum atomic E-state index is 12.9. The van der Waals surface area contributed by atoms with Crippen LogP contribution < -0.4 is 14.8 Å². The highest BCUT2D eigenvalue weighted by Crippen LogP contribution is 2.26. The predicted molar refractivity (Wildman–Crippen MR) is 113 cm³/mol. The van der Waals surface area contributed by atoms with Gasteiger partial charge < -0.3 is 14.8 Å². The van der Waals surface area contributed by atoms with Gasteiger partial charge in [0.15, 0.2) is 0 Å². The molecule has 1 amide bonds. The minimum absolute atomic E-state index is 0.00119. The Bertz CT molecular complexity index is 1170. The Balaban J connectivity index is 1.92. The Morgan fingerprint density at radius 3 is 2.39 bits per heavy atom. The number of carbonyl (C=O) groups is 1. The van der Waals surface area contributed by atoms with Crippen molar-refractivity contribution in [2.24, 2.45) is 0 Å². The fourth-order valence-corrected chi connectivity index (χ4v) is 5.23. The molecule has 168 valence electrons. The van der Waals surface area contributed by atoms with E-state index in [9.17, 15) is 21.6 Å². The van der Waals surface area contributed by atoms with Crippen molar-refractivity contribution in [3.05, 3.63) is 48.0 Å². The number of amides is 1. The number of benzene rings is 2. The molecule has 2 aromatic carbocycles. The molecule has 1 aliphatic heterocycles. The third-order valence-corrected chi connectivity index (χ3v) is 8.00. The van der Waals surface area contributed by atoms with Crippen LogP contribution in [0.15, 0.2) is 52.3 Å². The van der Waals surface area contributed by atoms with Crippen LogP contribution in [0.25, 0.3) is 0 Å². The summed E-state index contributed by atoms with van der Waals surface area (Å²) in [6.07, 6.45) is 0. The van der Waals surface area contributed by atoms with E-state index in [2.05, 4.69) is 10.0 Å². The normalized spacial score (nSPS) is 15.4. The first-order chi connectivity index (χ1) is 14.7. The molecule has 31 heavy (non-hydrogen) atoms. The van der Waals surface area contributed by atoms with Gasteiger partial charge in [-0.15, -0.1) is 0 Å². The van der Waals surface area contributed by atoms with Gasteiger partial charge in [0, 0.05) is 18.8 Å². The Labute approximate surface area is 181 Å². The van der Waals surface area contributed by atoms with Crippen LogP contribution in [0, 0.1) is 0 Å². The average Bonchev–Trinajstić information content (AvgIpc) is 2.79. The van der Waals surface area contributed by atoms with Gasteiger partial charge in [-0.2, -0.15) is 4.31 Å². The van der Waals surface area contributed by atoms with Crippen molar-refractivity contribution in [3.63, 3.8) is 0 Å². The third kappa shape index (κ3) is 5.05. The molecule has 0 saturated carbocycles. The Kier molecular flexibility index (Phi) is 6.96. The number of hydrogen-bond acceptors (Lipinski definition) is 7. The lowest BCUT2D eigenvalue weighted by Crippen LogP contribution is -2.40. The van der Waals surface area contributed by atoms with Crippen LogP contribution in [0.2, 0.25) is 0 Å². The minimum Gasteiger partial charge on any atom is -0.496 e. The summed E-state index contributed by atoms with van der Waals surface area (Å²) >= 11 is 0. The molecule has 0 bridgehead atoms. The molecule has 0 aromatic heterocycles. The fraction of sp³-hybridized carbons (Fsp3) is 0.316. The number of nitrogens with zero attached hydrogens (tertiary/aromatic N) is 1. The molecular formula is C19H23N3O7S2. The maximum absolute atomic E-state index is 12.9. The topological polar surface area (TPSA) is 131 Å². The minimum atomic E-state index is -3.82. The van der Waals surface area contributed by atoms with Crippen LogP contribution >= 0.6 is 0 Å². The lowest BCUT2D eigenvalue weighted by Gasteiger charge is -2.26. The predicted octanol–water partition coefficient (Wildman–Crippen LogP) is 0.877. The molecule has 0 radical (unpaired) electrons. The van der Waals surface area contributed by atoms with Crippen molar-refractivity contribution in [1.29, 1.82) is 0 Å². The van der Waals surface area contributed by atoms with E-state index in [1.807, 2.05) is 0 Å². The first-order valence-electron chi connectivity index (χ1n) is 9.30. The van der Waals surface area contributed by atoms with Crippen LogP contribution in [0.3, 0.4) is 0 Å². The first kappa shape index (κ1) is 23.2. The second-order valence-corrected chi connectivity index (χ2v) is 10.4. The number of rotatable bonds is 7. The number of carbonyl (C=O) groups excluding carboxylic acids is 1. The van der Waals surface area contributed by atoms with Crippen LogP contribution in [-0.4, -0.2) is 67.5 Å². The largest absolute Gasteiger partial charge is 0.496 e. The molecule has 10 nitrogen and oxygen atoms in total. The molecule has 2 N–H and O–H groups in total. The zero-order chi connectivity index (χ0) is 22.6. The summed E-state index contributed by atoms with van der Waals surface area (Å²) in [6, 6.07) is 9.71. The van der Waals surface area contributed by atoms with Gasteiger partial charge in [-0.1, -0.05) is 6.07 Å². The lowest BCUT2D eigenvalue weighted by molar-refractivity contribution is 0.0730. The van der Waals surface area contributed by atoms with Gasteiger partial charge in [-0.25, -0.2) is 21.6 Å². The third-order valence-electron chi connectivity index (χ3n) is 4.69. The summed E-state index contributed by atoms with van der Waals surface area (Å²) in [5.41, 5.74) is 0.225. The summed E-state index contributed by atoms with van der Waals surface area (Å²) < 4.78 is 63.8. The van der Waals surface area contributed by atoms with Crippen molar-refractivity contribution in [1.82, 2.24) is 9.03 Å². The van der Waals surface area contributed by atoms with Gasteiger partial charge in [0.1, 0.15) is 5.75 Å². The molecule has 0 unspecified atom stereocenters. The van der Waals surface area contributed by atoms with Crippen LogP contribution in [0.5, 0.6) is 5.75 Å². The van der Waals surface area contributed by atoms with E-state index in [1.54, 1.807) is 0 Å². The number of morpholine rings is 1. The Morgan fingerprint density at radius 2 is 1.74 bits per heavy atom. The van der Waals surface area contributed by atoms with Gasteiger partial charge >= 0.3 is 0 Å². The first-order valence-corrected chi connectivity index (χ1v) is 12.2. The van der Waals surface area contributed by atoms with E-state index in [4.69, 9.17) is 9.47 Å². The monoisotopic (exact) mass is 469 g/mol. The van der Waals surface area contributed by atoms with Crippen molar-refractivity contribution in [2.75, 3.05) is 45.8 Å². The summed E-state index contributed by atoms with van der Waals surface area (Å²) in [5, 5.41) is 2.59. The summed E-state index contributed by atoms with van der Waals surface area (Å²) in [6.45, 7) is 1.05. The number of nitrogens with one attached hydrogen (secondary N) is 2. The van der Waals surface area contributed by atoms with Crippen molar-refractivity contribution < 1.29 is 31.1 Å². The molecule has 0 aliphatic carbocycles. The molecule has 1 aliphatic rings. The number of sulfonamides is 2. The molecular weight excluding hydrogens is 446 g/mol. The standard InChI is InChI=1S/C19H23N3O7S2/c1-20-30(24,25)15-5-3-4-14(12-15)21-19(23)17-13-16(6-7-18(17)28-2)31(26,27)22-8-10-29-11-9-22/h3-7,12-13,20H,8-11H2,1-2H3,(H,21,23). The second-order valence-electron chi connectivity index (χ2n) is 6.57. The van der Waals surface area contributed by atoms with E-state index >= 15 is 0 Å². The molecule has 0 atom stereocenters. The van der Waals surface area contributed by atoms with Gasteiger partial charge in [0.05, 0.1) is 35.7 Å². The maximum Gasteiger partial charge on any atom is 0.259 e. The summed E-state index contributed by atoms with van der Waals surface area (Å²) in [7, 11) is -4.86. The highest BCUT2D eigenvalue weighted by molar-refractivity contribution is 7.89. The van der Waals surface area contributed by atoms with E-state index < -0.39 is 26.0 Å². The molecule has 12 heteroatoms. The molecule has 2 aromatic rings. The van der Waals surface area contributed by atoms with E-state index in [-0.39, 0.29) is 39.9 Å². The van der Waals surface area contributed by atoms with Crippen molar-refractivity contribution in [2.45, 2.75) is 9.79 Å². The van der Waals surface area contributed by atoms with E-state index in [1.165, 1.54) is 60.9 Å². The van der Waals surface area contributed by atoms with Crippen molar-refractivity contribution >= 4 is 31.6 Å². The quantitative estimate of drug-likeness (QED) is 0.615. The molecule has 3 rings (SSSR count). The average molecular weight is 470 g/mol. The van der Waals surface area contributed by atoms with Crippen LogP contribution in [0.1, 0.15) is 10.4 Å². The van der Waals surface area contributed by atoms with E-state index in [0.717, 1.165) is 0 Å². The lowest BCUT2D eigenvalue weighted by atomic mass is 10.2. The SMILES string of the molecule is CNS(=O)(=O)c1cccc(NC(=O)c2cc(S(=O)(=O)N3CCOCC3)ccc2OC)c1. The van der Waals surface area contributed by atoms with Gasteiger partial charge in [-0.05, 0) is 43.4 Å². The summed E-state index contributed by atoms with van der Waals surface area (Å²) in [4.78, 5) is 12.8. The van der Waals surface area contributed by atoms with Gasteiger partial charge in [0.25, 0.3) is 5.91 Å². The van der Waals surface area contributed by atoms with Gasteiger partial charge in [0.2, 0.25) is 20.0 Å². The van der Waals surface area contributed by atoms with E-state index in [0.29, 0.717) is 13.2 Å². The number of anilines is 1. The molecule has 1 heterocycles. The van der Waals surface area contributed by atoms with Crippen molar-refractivity contribution in [3.8, 4) is 5.75 Å². The van der Waals surface area contributed by atoms with Crippen LogP contribution in [0.4, 0.5) is 5.69 Å².